The Hall–Kier alpha value is -0.600. The summed E-state index contributed by atoms with van der Waals surface area (Å²) in [5.74, 6) is 0.0463. The molecule has 0 amide bonds. The van der Waals surface area contributed by atoms with Crippen molar-refractivity contribution in [3.05, 3.63) is 0 Å². The lowest BCUT2D eigenvalue weighted by Gasteiger charge is -2.20. The average Bonchev–Trinajstić information content (AvgIpc) is 3.31. The van der Waals surface area contributed by atoms with Gasteiger partial charge in [-0.2, -0.15) is 0 Å². The van der Waals surface area contributed by atoms with Crippen molar-refractivity contribution in [2.45, 2.75) is 204 Å². The lowest BCUT2D eigenvalue weighted by molar-refractivity contribution is 0.0200. The zero-order chi connectivity index (χ0) is 50.6. The fourth-order valence-electron chi connectivity index (χ4n) is 2.42. The van der Waals surface area contributed by atoms with E-state index >= 15 is 0 Å². The van der Waals surface area contributed by atoms with Crippen LogP contribution in [0.1, 0.15) is 192 Å². The van der Waals surface area contributed by atoms with E-state index in [1.54, 1.807) is 20.8 Å². The molecule has 0 fully saturated rings. The Morgan fingerprint density at radius 3 is 0.839 bits per heavy atom. The van der Waals surface area contributed by atoms with Crippen LogP contribution in [-0.2, 0) is 4.74 Å². The summed E-state index contributed by atoms with van der Waals surface area (Å²) in [6, 6.07) is 0. The lowest BCUT2D eigenvalue weighted by Crippen LogP contribution is -2.29. The zero-order valence-corrected chi connectivity index (χ0v) is 42.5. The van der Waals surface area contributed by atoms with Gasteiger partial charge in [0.05, 0.1) is 51.8 Å². The summed E-state index contributed by atoms with van der Waals surface area (Å²) >= 11 is 0. The van der Waals surface area contributed by atoms with Crippen LogP contribution >= 0.6 is 0 Å². The van der Waals surface area contributed by atoms with Gasteiger partial charge in [0.25, 0.3) is 0 Å². The van der Waals surface area contributed by atoms with Crippen LogP contribution in [0.25, 0.3) is 0 Å². The van der Waals surface area contributed by atoms with Crippen LogP contribution in [0.3, 0.4) is 0 Å². The summed E-state index contributed by atoms with van der Waals surface area (Å²) in [6.45, 7) is 24.1. The van der Waals surface area contributed by atoms with Crippen molar-refractivity contribution in [1.82, 2.24) is 0 Å². The molecule has 0 aliphatic carbocycles. The van der Waals surface area contributed by atoms with Gasteiger partial charge in [-0.25, -0.2) is 0 Å². The van der Waals surface area contributed by atoms with Crippen LogP contribution in [0.2, 0.25) is 0 Å². The Morgan fingerprint density at radius 1 is 0.371 bits per heavy atom. The molecule has 0 rings (SSSR count). The van der Waals surface area contributed by atoms with Crippen molar-refractivity contribution >= 4 is 0 Å². The summed E-state index contributed by atoms with van der Waals surface area (Å²) in [4.78, 5) is 0. The van der Waals surface area contributed by atoms with Crippen LogP contribution in [0.4, 0.5) is 0 Å². The fraction of sp³-hybridized carbons (Fsp3) is 1.00. The minimum Gasteiger partial charge on any atom is -0.396 e. The molecule has 2 atom stereocenters. The van der Waals surface area contributed by atoms with Gasteiger partial charge >= 0.3 is 0 Å². The SMILES string of the molecule is CC(CO)(CO)CO.CC(CO)CO.CCC(C)O.CCC(O)CO.CCCCCCCO.CCCCCCO.CCCCCO.CCCCO.CCCO.CCCOCCO. The molecule has 2 unspecified atom stereocenters. The van der Waals surface area contributed by atoms with Crippen molar-refractivity contribution in [3.63, 3.8) is 0 Å². The van der Waals surface area contributed by atoms with Crippen molar-refractivity contribution < 1.29 is 76.2 Å². The number of unbranched alkanes of at least 4 members (excludes halogenated alkanes) is 10. The fourth-order valence-corrected chi connectivity index (χ4v) is 2.42. The number of ether oxygens (including phenoxy) is 1. The Bertz CT molecular complexity index is 519. The van der Waals surface area contributed by atoms with E-state index < -0.39 is 11.5 Å². The molecule has 0 heterocycles. The summed E-state index contributed by atoms with van der Waals surface area (Å²) < 4.78 is 4.88. The van der Waals surface area contributed by atoms with Gasteiger partial charge in [-0.1, -0.05) is 133 Å². The second-order valence-electron chi connectivity index (χ2n) is 14.7. The topological polar surface area (TPSA) is 292 Å². The highest BCUT2D eigenvalue weighted by Gasteiger charge is 2.20. The van der Waals surface area contributed by atoms with E-state index in [9.17, 15) is 0 Å². The van der Waals surface area contributed by atoms with Gasteiger partial charge in [0.15, 0.2) is 0 Å². The molecular formula is C47H114O15. The van der Waals surface area contributed by atoms with Gasteiger partial charge < -0.3 is 76.2 Å². The van der Waals surface area contributed by atoms with Gasteiger partial charge in [-0.05, 0) is 58.3 Å². The molecule has 0 aliphatic rings. The average molecular weight is 919 g/mol. The normalized spacial score (nSPS) is 10.5. The first kappa shape index (κ1) is 84.8. The second kappa shape index (κ2) is 94.9. The van der Waals surface area contributed by atoms with E-state index in [4.69, 9.17) is 76.2 Å². The smallest absolute Gasteiger partial charge is 0.0768 e. The maximum Gasteiger partial charge on any atom is 0.0768 e. The molecule has 0 radical (unpaired) electrons. The molecule has 0 aromatic rings. The largest absolute Gasteiger partial charge is 0.396 e. The Kier molecular flexibility index (Phi) is 130. The molecule has 15 heteroatoms. The quantitative estimate of drug-likeness (QED) is 0.0462. The highest BCUT2D eigenvalue weighted by Crippen LogP contribution is 2.11. The molecule has 14 N–H and O–H groups in total. The van der Waals surface area contributed by atoms with Crippen LogP contribution in [0, 0.1) is 11.3 Å². The van der Waals surface area contributed by atoms with Crippen molar-refractivity contribution in [3.8, 4) is 0 Å². The van der Waals surface area contributed by atoms with E-state index in [2.05, 4.69) is 27.7 Å². The molecule has 392 valence electrons. The molecule has 0 aromatic carbocycles. The van der Waals surface area contributed by atoms with Crippen LogP contribution in [0.5, 0.6) is 0 Å². The number of rotatable bonds is 27. The maximum absolute atomic E-state index is 8.47. The van der Waals surface area contributed by atoms with Crippen LogP contribution < -0.4 is 0 Å². The zero-order valence-electron chi connectivity index (χ0n) is 42.5. The second-order valence-corrected chi connectivity index (χ2v) is 14.7. The number of aliphatic hydroxyl groups excluding tert-OH is 14. The van der Waals surface area contributed by atoms with Gasteiger partial charge in [-0.15, -0.1) is 0 Å². The highest BCUT2D eigenvalue weighted by molar-refractivity contribution is 4.69. The van der Waals surface area contributed by atoms with Gasteiger partial charge in [0.2, 0.25) is 0 Å². The Morgan fingerprint density at radius 2 is 0.694 bits per heavy atom. The minimum atomic E-state index is -0.708. The van der Waals surface area contributed by atoms with E-state index in [1.807, 2.05) is 27.7 Å². The minimum absolute atomic E-state index is 0.0463. The number of hydrogen-bond donors (Lipinski definition) is 14. The summed E-state index contributed by atoms with van der Waals surface area (Å²) in [5.41, 5.74) is -0.708. The molecule has 15 nitrogen and oxygen atoms in total. The van der Waals surface area contributed by atoms with Gasteiger partial charge in [-0.3, -0.25) is 0 Å². The summed E-state index contributed by atoms with van der Waals surface area (Å²) in [6.07, 6.45) is 18.9. The number of aliphatic hydroxyl groups is 14. The lowest BCUT2D eigenvalue weighted by atomic mass is 9.95. The first-order valence-corrected chi connectivity index (χ1v) is 23.8. The molecule has 62 heavy (non-hydrogen) atoms. The van der Waals surface area contributed by atoms with E-state index in [0.29, 0.717) is 46.1 Å². The van der Waals surface area contributed by atoms with Gasteiger partial charge in [0.1, 0.15) is 0 Å². The predicted molar refractivity (Wildman–Crippen MR) is 259 cm³/mol. The van der Waals surface area contributed by atoms with Gasteiger partial charge in [0, 0.05) is 64.2 Å². The molecule has 0 aromatic heterocycles. The van der Waals surface area contributed by atoms with Crippen molar-refractivity contribution in [1.29, 1.82) is 0 Å². The maximum atomic E-state index is 8.47. The van der Waals surface area contributed by atoms with E-state index in [-0.39, 0.29) is 58.3 Å². The molecule has 0 bridgehead atoms. The standard InChI is InChI=1S/C7H16O.C6H14O.C5H12O3.C5H12O2.C5H12O.2C4H10O2.2C4H10O.C3H8O/c1-2-3-4-5-6-7-8;1-2-3-4-5-6-7;1-5(2-6,3-7)4-8;1-2-4-7-5-3-6;1-2-3-4-5-6;1-4(2-5)3-6;1-2-4(6)3-5;1-3-4(2)5;1-2-3-4-5;1-2-3-4/h8H,2-7H2,1H3;7H,2-6H2,1H3;6-8H,2-4H2,1H3;6H,2-5H2,1H3;6H,2-5H2,1H3;2*4-6H,2-3H2,1H3;4-5H,3H2,1-2H3;5H,2-4H2,1H3;4H,2-3H2,1H3. The van der Waals surface area contributed by atoms with Crippen molar-refractivity contribution in [2.75, 3.05) is 92.5 Å². The third-order valence-electron chi connectivity index (χ3n) is 7.40. The van der Waals surface area contributed by atoms with Crippen LogP contribution in [-0.4, -0.2) is 176 Å². The van der Waals surface area contributed by atoms with Crippen molar-refractivity contribution in [2.24, 2.45) is 11.3 Å². The van der Waals surface area contributed by atoms with Crippen LogP contribution in [0.15, 0.2) is 0 Å². The Labute approximate surface area is 383 Å². The summed E-state index contributed by atoms with van der Waals surface area (Å²) in [5, 5.41) is 116. The molecular weight excluding hydrogens is 805 g/mol. The first-order chi connectivity index (χ1) is 29.6. The molecule has 0 spiro atoms. The first-order valence-electron chi connectivity index (χ1n) is 23.8. The molecule has 0 aliphatic heterocycles. The third-order valence-corrected chi connectivity index (χ3v) is 7.40. The third kappa shape index (κ3) is 145. The predicted octanol–water partition coefficient (Wildman–Crippen LogP) is 5.35. The summed E-state index contributed by atoms with van der Waals surface area (Å²) in [7, 11) is 0. The van der Waals surface area contributed by atoms with E-state index in [0.717, 1.165) is 64.4 Å². The number of hydrogen-bond acceptors (Lipinski definition) is 15. The van der Waals surface area contributed by atoms with E-state index in [1.165, 1.54) is 51.4 Å². The monoisotopic (exact) mass is 919 g/mol. The molecule has 0 saturated carbocycles. The highest BCUT2D eigenvalue weighted by atomic mass is 16.5. The molecule has 0 saturated heterocycles. The Balaban J connectivity index is -0.0000000609.